The number of nitrogens with zero attached hydrogens (tertiary/aromatic N) is 1. The smallest absolute Gasteiger partial charge is 0.191 e. The van der Waals surface area contributed by atoms with Crippen LogP contribution in [-0.2, 0) is 13.1 Å². The van der Waals surface area contributed by atoms with Gasteiger partial charge in [0.15, 0.2) is 5.96 Å². The molecule has 0 bridgehead atoms. The minimum absolute atomic E-state index is 0.632. The number of nitrogens with one attached hydrogen (secondary N) is 2. The van der Waals surface area contributed by atoms with Crippen LogP contribution in [0.5, 0.6) is 5.75 Å². The molecule has 0 atom stereocenters. The molecular formula is C19H25N3O. The summed E-state index contributed by atoms with van der Waals surface area (Å²) in [6, 6.07) is 16.5. The number of guanidine groups is 1. The molecule has 0 unspecified atom stereocenters. The molecular weight excluding hydrogens is 286 g/mol. The lowest BCUT2D eigenvalue weighted by atomic mass is 10.1. The second-order valence-electron chi connectivity index (χ2n) is 5.38. The first-order valence-corrected chi connectivity index (χ1v) is 7.92. The van der Waals surface area contributed by atoms with E-state index in [4.69, 9.17) is 4.74 Å². The van der Waals surface area contributed by atoms with E-state index < -0.39 is 0 Å². The molecule has 2 aromatic carbocycles. The van der Waals surface area contributed by atoms with Crippen molar-refractivity contribution in [3.63, 3.8) is 0 Å². The Hall–Kier alpha value is -2.49. The van der Waals surface area contributed by atoms with Gasteiger partial charge in [0.2, 0.25) is 0 Å². The maximum Gasteiger partial charge on any atom is 0.191 e. The van der Waals surface area contributed by atoms with Gasteiger partial charge in [0.05, 0.1) is 13.7 Å². The van der Waals surface area contributed by atoms with Gasteiger partial charge in [-0.25, -0.2) is 4.99 Å². The molecule has 122 valence electrons. The van der Waals surface area contributed by atoms with Crippen molar-refractivity contribution in [2.45, 2.75) is 26.9 Å². The van der Waals surface area contributed by atoms with Crippen LogP contribution in [0.2, 0.25) is 0 Å². The topological polar surface area (TPSA) is 45.7 Å². The molecule has 0 saturated carbocycles. The Morgan fingerprint density at radius 3 is 2.22 bits per heavy atom. The summed E-state index contributed by atoms with van der Waals surface area (Å²) < 4.78 is 5.17. The number of methoxy groups -OCH3 is 1. The van der Waals surface area contributed by atoms with Crippen molar-refractivity contribution in [2.24, 2.45) is 4.99 Å². The molecule has 0 saturated heterocycles. The van der Waals surface area contributed by atoms with Crippen LogP contribution in [-0.4, -0.2) is 19.6 Å². The van der Waals surface area contributed by atoms with Gasteiger partial charge in [-0.1, -0.05) is 42.0 Å². The lowest BCUT2D eigenvalue weighted by Gasteiger charge is -2.11. The number of hydrogen-bond acceptors (Lipinski definition) is 2. The number of aliphatic imine (C=N–C) groups is 1. The van der Waals surface area contributed by atoms with Crippen molar-refractivity contribution < 1.29 is 4.74 Å². The third kappa shape index (κ3) is 5.66. The molecule has 0 heterocycles. The van der Waals surface area contributed by atoms with E-state index in [9.17, 15) is 0 Å². The fraction of sp³-hybridized carbons (Fsp3) is 0.316. The highest BCUT2D eigenvalue weighted by molar-refractivity contribution is 5.79. The van der Waals surface area contributed by atoms with E-state index in [1.165, 1.54) is 11.1 Å². The third-order valence-electron chi connectivity index (χ3n) is 3.50. The Morgan fingerprint density at radius 1 is 0.957 bits per heavy atom. The van der Waals surface area contributed by atoms with Crippen LogP contribution in [0.1, 0.15) is 23.6 Å². The second kappa shape index (κ2) is 8.83. The maximum atomic E-state index is 5.17. The average molecular weight is 311 g/mol. The summed E-state index contributed by atoms with van der Waals surface area (Å²) in [6.07, 6.45) is 0. The Kier molecular flexibility index (Phi) is 6.48. The molecule has 0 aliphatic rings. The van der Waals surface area contributed by atoms with Crippen molar-refractivity contribution in [1.82, 2.24) is 10.6 Å². The average Bonchev–Trinajstić information content (AvgIpc) is 2.59. The summed E-state index contributed by atoms with van der Waals surface area (Å²) in [5.74, 6) is 1.69. The lowest BCUT2D eigenvalue weighted by molar-refractivity contribution is 0.414. The predicted molar refractivity (Wildman–Crippen MR) is 95.8 cm³/mol. The van der Waals surface area contributed by atoms with Crippen LogP contribution in [0.25, 0.3) is 0 Å². The van der Waals surface area contributed by atoms with Crippen LogP contribution in [0, 0.1) is 6.92 Å². The van der Waals surface area contributed by atoms with Gasteiger partial charge in [-0.3, -0.25) is 0 Å². The number of benzene rings is 2. The van der Waals surface area contributed by atoms with Gasteiger partial charge >= 0.3 is 0 Å². The van der Waals surface area contributed by atoms with Crippen LogP contribution < -0.4 is 15.4 Å². The molecule has 0 spiro atoms. The zero-order valence-electron chi connectivity index (χ0n) is 14.1. The molecule has 2 rings (SSSR count). The summed E-state index contributed by atoms with van der Waals surface area (Å²) in [7, 11) is 1.67. The van der Waals surface area contributed by atoms with Gasteiger partial charge < -0.3 is 15.4 Å². The summed E-state index contributed by atoms with van der Waals surface area (Å²) in [5, 5.41) is 6.63. The van der Waals surface area contributed by atoms with E-state index in [1.807, 2.05) is 24.3 Å². The second-order valence-corrected chi connectivity index (χ2v) is 5.38. The van der Waals surface area contributed by atoms with Gasteiger partial charge in [-0.2, -0.15) is 0 Å². The van der Waals surface area contributed by atoms with Crippen molar-refractivity contribution >= 4 is 5.96 Å². The largest absolute Gasteiger partial charge is 0.497 e. The summed E-state index contributed by atoms with van der Waals surface area (Å²) in [4.78, 5) is 4.63. The molecule has 0 aromatic heterocycles. The fourth-order valence-corrected chi connectivity index (χ4v) is 2.13. The zero-order chi connectivity index (χ0) is 16.5. The number of hydrogen-bond donors (Lipinski definition) is 2. The van der Waals surface area contributed by atoms with E-state index in [1.54, 1.807) is 7.11 Å². The molecule has 0 radical (unpaired) electrons. The van der Waals surface area contributed by atoms with Crippen molar-refractivity contribution in [2.75, 3.05) is 13.7 Å². The van der Waals surface area contributed by atoms with Crippen molar-refractivity contribution in [3.05, 3.63) is 65.2 Å². The Labute approximate surface area is 138 Å². The van der Waals surface area contributed by atoms with Crippen LogP contribution in [0.15, 0.2) is 53.5 Å². The molecule has 0 fully saturated rings. The number of aryl methyl sites for hydroxylation is 1. The Balaban J connectivity index is 1.94. The summed E-state index contributed by atoms with van der Waals surface area (Å²) in [6.45, 7) is 6.39. The van der Waals surface area contributed by atoms with E-state index in [0.29, 0.717) is 6.54 Å². The quantitative estimate of drug-likeness (QED) is 0.636. The van der Waals surface area contributed by atoms with Crippen molar-refractivity contribution in [3.8, 4) is 5.75 Å². The highest BCUT2D eigenvalue weighted by Gasteiger charge is 1.99. The fourth-order valence-electron chi connectivity index (χ4n) is 2.13. The van der Waals surface area contributed by atoms with Gasteiger partial charge in [0.25, 0.3) is 0 Å². The molecule has 2 N–H and O–H groups in total. The highest BCUT2D eigenvalue weighted by Crippen LogP contribution is 2.11. The zero-order valence-corrected chi connectivity index (χ0v) is 14.1. The van der Waals surface area contributed by atoms with Gasteiger partial charge in [-0.05, 0) is 37.1 Å². The van der Waals surface area contributed by atoms with Crippen LogP contribution in [0.3, 0.4) is 0 Å². The van der Waals surface area contributed by atoms with Crippen LogP contribution in [0.4, 0.5) is 0 Å². The van der Waals surface area contributed by atoms with E-state index in [0.717, 1.165) is 30.4 Å². The predicted octanol–water partition coefficient (Wildman–Crippen LogP) is 3.26. The molecule has 0 amide bonds. The molecule has 0 aliphatic carbocycles. The Morgan fingerprint density at radius 2 is 1.61 bits per heavy atom. The minimum Gasteiger partial charge on any atom is -0.497 e. The molecule has 4 heteroatoms. The SMILES string of the molecule is CCNC(=NCc1ccc(OC)cc1)NCc1ccc(C)cc1. The van der Waals surface area contributed by atoms with E-state index >= 15 is 0 Å². The molecule has 2 aromatic rings. The highest BCUT2D eigenvalue weighted by atomic mass is 16.5. The Bertz CT molecular complexity index is 618. The standard InChI is InChI=1S/C19H25N3O/c1-4-20-19(21-13-16-7-5-15(2)6-8-16)22-14-17-9-11-18(23-3)12-10-17/h5-12H,4,13-14H2,1-3H3,(H2,20,21,22). The number of rotatable bonds is 6. The first-order chi connectivity index (χ1) is 11.2. The van der Waals surface area contributed by atoms with Gasteiger partial charge in [0.1, 0.15) is 5.75 Å². The first-order valence-electron chi connectivity index (χ1n) is 7.92. The monoisotopic (exact) mass is 311 g/mol. The molecule has 23 heavy (non-hydrogen) atoms. The first kappa shape index (κ1) is 16.9. The van der Waals surface area contributed by atoms with Crippen molar-refractivity contribution in [1.29, 1.82) is 0 Å². The number of ether oxygens (including phenoxy) is 1. The van der Waals surface area contributed by atoms with Gasteiger partial charge in [-0.15, -0.1) is 0 Å². The third-order valence-corrected chi connectivity index (χ3v) is 3.50. The van der Waals surface area contributed by atoms with Gasteiger partial charge in [0, 0.05) is 13.1 Å². The summed E-state index contributed by atoms with van der Waals surface area (Å²) >= 11 is 0. The molecule has 0 aliphatic heterocycles. The van der Waals surface area contributed by atoms with E-state index in [2.05, 4.69) is 53.7 Å². The lowest BCUT2D eigenvalue weighted by Crippen LogP contribution is -2.36. The maximum absolute atomic E-state index is 5.17. The van der Waals surface area contributed by atoms with E-state index in [-0.39, 0.29) is 0 Å². The molecule has 4 nitrogen and oxygen atoms in total. The summed E-state index contributed by atoms with van der Waals surface area (Å²) in [5.41, 5.74) is 3.66. The minimum atomic E-state index is 0.632. The van der Waals surface area contributed by atoms with Crippen LogP contribution >= 0.6 is 0 Å². The normalized spacial score (nSPS) is 11.2.